The van der Waals surface area contributed by atoms with Crippen LogP contribution in [0.1, 0.15) is 50.4 Å². The smallest absolute Gasteiger partial charge is 0.338 e. The summed E-state index contributed by atoms with van der Waals surface area (Å²) < 4.78 is 10.4. The molecule has 7 heteroatoms. The van der Waals surface area contributed by atoms with Crippen LogP contribution in [0.15, 0.2) is 24.3 Å². The summed E-state index contributed by atoms with van der Waals surface area (Å²) >= 11 is 0. The zero-order chi connectivity index (χ0) is 22.1. The lowest BCUT2D eigenvalue weighted by molar-refractivity contribution is -0.146. The van der Waals surface area contributed by atoms with Crippen LogP contribution in [-0.2, 0) is 23.9 Å². The second-order valence-electron chi connectivity index (χ2n) is 8.68. The molecule has 2 bridgehead atoms. The van der Waals surface area contributed by atoms with Crippen LogP contribution >= 0.6 is 0 Å². The molecule has 162 valence electrons. The van der Waals surface area contributed by atoms with Gasteiger partial charge in [0, 0.05) is 24.1 Å². The Morgan fingerprint density at radius 3 is 2.37 bits per heavy atom. The number of ether oxygens (including phenoxy) is 2. The first kappa shape index (κ1) is 22.0. The summed E-state index contributed by atoms with van der Waals surface area (Å²) in [6, 6.07) is 6.77. The Labute approximate surface area is 176 Å². The predicted octanol–water partition coefficient (Wildman–Crippen LogP) is 2.81. The van der Waals surface area contributed by atoms with Crippen LogP contribution in [0, 0.1) is 16.7 Å². The molecule has 1 aromatic carbocycles. The van der Waals surface area contributed by atoms with Gasteiger partial charge in [0.25, 0.3) is 0 Å². The number of benzene rings is 1. The molecule has 0 saturated heterocycles. The lowest BCUT2D eigenvalue weighted by Gasteiger charge is -2.35. The van der Waals surface area contributed by atoms with Crippen LogP contribution in [0.25, 0.3) is 0 Å². The van der Waals surface area contributed by atoms with Gasteiger partial charge in [0.2, 0.25) is 11.6 Å². The average Bonchev–Trinajstić information content (AvgIpc) is 3.04. The number of hydrogen-bond donors (Lipinski definition) is 0. The number of carbonyl (C=O) groups excluding carboxylic acids is 4. The van der Waals surface area contributed by atoms with E-state index in [1.165, 1.54) is 0 Å². The summed E-state index contributed by atoms with van der Waals surface area (Å²) in [6.07, 6.45) is 1.79. The number of Topliss-reactive ketones (excluding diaryl/α,β-unsaturated/α-hetero) is 2. The van der Waals surface area contributed by atoms with Gasteiger partial charge in [-0.05, 0) is 55.9 Å². The number of anilines is 1. The van der Waals surface area contributed by atoms with E-state index >= 15 is 0 Å². The second kappa shape index (κ2) is 8.20. The molecule has 2 saturated carbocycles. The molecule has 0 spiro atoms. The maximum absolute atomic E-state index is 12.5. The number of esters is 2. The van der Waals surface area contributed by atoms with Gasteiger partial charge in [0.15, 0.2) is 0 Å². The molecule has 2 unspecified atom stereocenters. The van der Waals surface area contributed by atoms with Crippen LogP contribution in [0.5, 0.6) is 0 Å². The largest absolute Gasteiger partial charge is 0.464 e. The van der Waals surface area contributed by atoms with Crippen molar-refractivity contribution in [3.63, 3.8) is 0 Å². The Kier molecular flexibility index (Phi) is 6.01. The minimum atomic E-state index is -0.705. The Balaban J connectivity index is 1.52. The molecule has 2 aliphatic carbocycles. The highest BCUT2D eigenvalue weighted by atomic mass is 16.5. The third kappa shape index (κ3) is 3.61. The van der Waals surface area contributed by atoms with Crippen molar-refractivity contribution in [1.29, 1.82) is 0 Å². The standard InChI is InChI=1S/C23H29NO6/c1-5-29-21(28)15-6-8-16(9-7-15)24(4)14-18(25)30-13-12-23-11-10-17(22(23,2)3)19(26)20(23)27/h6-9,17H,5,10-14H2,1-4H3. The molecular weight excluding hydrogens is 386 g/mol. The maximum Gasteiger partial charge on any atom is 0.338 e. The number of fused-ring (bicyclic) bond motifs is 2. The van der Waals surface area contributed by atoms with E-state index < -0.39 is 11.4 Å². The van der Waals surface area contributed by atoms with Crippen molar-refractivity contribution in [3.8, 4) is 0 Å². The minimum absolute atomic E-state index is 0.0324. The fourth-order valence-electron chi connectivity index (χ4n) is 4.96. The lowest BCUT2D eigenvalue weighted by Crippen LogP contribution is -2.38. The van der Waals surface area contributed by atoms with E-state index in [4.69, 9.17) is 9.47 Å². The summed E-state index contributed by atoms with van der Waals surface area (Å²) in [5.74, 6) is -1.55. The van der Waals surface area contributed by atoms with E-state index in [0.717, 1.165) is 12.1 Å². The van der Waals surface area contributed by atoms with Crippen LogP contribution in [0.4, 0.5) is 5.69 Å². The van der Waals surface area contributed by atoms with Gasteiger partial charge in [-0.25, -0.2) is 4.79 Å². The summed E-state index contributed by atoms with van der Waals surface area (Å²) in [5.41, 5.74) is 0.119. The number of hydrogen-bond acceptors (Lipinski definition) is 7. The van der Waals surface area contributed by atoms with Crippen molar-refractivity contribution >= 4 is 29.2 Å². The van der Waals surface area contributed by atoms with Gasteiger partial charge in [-0.3, -0.25) is 14.4 Å². The number of carbonyl (C=O) groups is 4. The number of nitrogens with zero attached hydrogens (tertiary/aromatic N) is 1. The Morgan fingerprint density at radius 2 is 1.80 bits per heavy atom. The van der Waals surface area contributed by atoms with E-state index in [-0.39, 0.29) is 42.0 Å². The number of ketones is 2. The Hall–Kier alpha value is -2.70. The Bertz CT molecular complexity index is 859. The zero-order valence-electron chi connectivity index (χ0n) is 18.0. The normalized spacial score (nSPS) is 24.1. The van der Waals surface area contributed by atoms with Gasteiger partial charge >= 0.3 is 11.9 Å². The van der Waals surface area contributed by atoms with Crippen molar-refractivity contribution in [2.24, 2.45) is 16.7 Å². The van der Waals surface area contributed by atoms with Crippen molar-refractivity contribution in [2.75, 3.05) is 31.7 Å². The number of rotatable bonds is 8. The molecule has 0 N–H and O–H groups in total. The Morgan fingerprint density at radius 1 is 1.13 bits per heavy atom. The highest BCUT2D eigenvalue weighted by Gasteiger charge is 2.68. The van der Waals surface area contributed by atoms with Crippen molar-refractivity contribution in [1.82, 2.24) is 0 Å². The molecule has 2 atom stereocenters. The van der Waals surface area contributed by atoms with E-state index in [0.29, 0.717) is 25.0 Å². The lowest BCUT2D eigenvalue weighted by atomic mass is 9.67. The average molecular weight is 415 g/mol. The maximum atomic E-state index is 12.5. The third-order valence-electron chi connectivity index (χ3n) is 6.92. The van der Waals surface area contributed by atoms with Gasteiger partial charge in [-0.15, -0.1) is 0 Å². The van der Waals surface area contributed by atoms with Gasteiger partial charge in [0.05, 0.1) is 18.8 Å². The van der Waals surface area contributed by atoms with E-state index in [1.807, 2.05) is 13.8 Å². The van der Waals surface area contributed by atoms with Gasteiger partial charge in [-0.2, -0.15) is 0 Å². The van der Waals surface area contributed by atoms with Gasteiger partial charge in [0.1, 0.15) is 6.54 Å². The van der Waals surface area contributed by atoms with Crippen LogP contribution in [0.3, 0.4) is 0 Å². The summed E-state index contributed by atoms with van der Waals surface area (Å²) in [6.45, 7) is 6.16. The highest BCUT2D eigenvalue weighted by Crippen LogP contribution is 2.63. The van der Waals surface area contributed by atoms with Crippen molar-refractivity contribution in [2.45, 2.75) is 40.0 Å². The molecule has 2 fully saturated rings. The molecule has 2 aliphatic rings. The third-order valence-corrected chi connectivity index (χ3v) is 6.92. The first-order chi connectivity index (χ1) is 14.1. The molecule has 30 heavy (non-hydrogen) atoms. The summed E-state index contributed by atoms with van der Waals surface area (Å²) in [5, 5.41) is 0. The van der Waals surface area contributed by atoms with Gasteiger partial charge in [-0.1, -0.05) is 13.8 Å². The fourth-order valence-corrected chi connectivity index (χ4v) is 4.96. The summed E-state index contributed by atoms with van der Waals surface area (Å²) in [7, 11) is 1.75. The first-order valence-corrected chi connectivity index (χ1v) is 10.4. The second-order valence-corrected chi connectivity index (χ2v) is 8.68. The minimum Gasteiger partial charge on any atom is -0.464 e. The van der Waals surface area contributed by atoms with E-state index in [2.05, 4.69) is 0 Å². The number of likely N-dealkylation sites (N-methyl/N-ethyl adjacent to an activating group) is 1. The molecule has 7 nitrogen and oxygen atoms in total. The first-order valence-electron chi connectivity index (χ1n) is 10.4. The van der Waals surface area contributed by atoms with Crippen molar-refractivity contribution in [3.05, 3.63) is 29.8 Å². The zero-order valence-corrected chi connectivity index (χ0v) is 18.0. The summed E-state index contributed by atoms with van der Waals surface area (Å²) in [4.78, 5) is 50.4. The van der Waals surface area contributed by atoms with Crippen LogP contribution < -0.4 is 4.90 Å². The van der Waals surface area contributed by atoms with Crippen LogP contribution in [-0.4, -0.2) is 50.3 Å². The highest BCUT2D eigenvalue weighted by molar-refractivity contribution is 6.43. The molecular formula is C23H29NO6. The van der Waals surface area contributed by atoms with E-state index in [9.17, 15) is 19.2 Å². The molecule has 0 aliphatic heterocycles. The fraction of sp³-hybridized carbons (Fsp3) is 0.565. The molecule has 0 amide bonds. The molecule has 1 aromatic rings. The molecule has 0 aromatic heterocycles. The molecule has 0 heterocycles. The van der Waals surface area contributed by atoms with Crippen LogP contribution in [0.2, 0.25) is 0 Å². The van der Waals surface area contributed by atoms with E-state index in [1.54, 1.807) is 43.1 Å². The molecule has 3 rings (SSSR count). The van der Waals surface area contributed by atoms with Gasteiger partial charge < -0.3 is 14.4 Å². The topological polar surface area (TPSA) is 90.0 Å². The molecule has 0 radical (unpaired) electrons. The quantitative estimate of drug-likeness (QED) is 0.476. The SMILES string of the molecule is CCOC(=O)c1ccc(N(C)CC(=O)OCCC23CCC(C(=O)C2=O)C3(C)C)cc1. The monoisotopic (exact) mass is 415 g/mol. The van der Waals surface area contributed by atoms with Crippen molar-refractivity contribution < 1.29 is 28.7 Å². The predicted molar refractivity (Wildman–Crippen MR) is 110 cm³/mol.